The third-order valence-corrected chi connectivity index (χ3v) is 6.37. The number of thioether (sulfide) groups is 1. The van der Waals surface area contributed by atoms with E-state index in [0.29, 0.717) is 11.1 Å². The van der Waals surface area contributed by atoms with Crippen LogP contribution in [0.1, 0.15) is 26.7 Å². The van der Waals surface area contributed by atoms with Gasteiger partial charge in [0, 0.05) is 33.7 Å². The Bertz CT molecular complexity index is 1170. The Balaban J connectivity index is 1.70. The molecule has 0 fully saturated rings. The van der Waals surface area contributed by atoms with E-state index >= 15 is 0 Å². The first-order valence-corrected chi connectivity index (χ1v) is 9.67. The Hall–Kier alpha value is -3.38. The number of hydrogen-bond acceptors (Lipinski definition) is 5. The molecule has 0 aromatic heterocycles. The summed E-state index contributed by atoms with van der Waals surface area (Å²) in [6, 6.07) is 22.0. The summed E-state index contributed by atoms with van der Waals surface area (Å²) in [5.41, 5.74) is 4.95. The lowest BCUT2D eigenvalue weighted by Crippen LogP contribution is -2.07. The maximum absolute atomic E-state index is 13.3. The predicted octanol–water partition coefficient (Wildman–Crippen LogP) is 5.46. The zero-order valence-corrected chi connectivity index (χ0v) is 15.4. The van der Waals surface area contributed by atoms with E-state index in [2.05, 4.69) is 5.32 Å². The highest BCUT2D eigenvalue weighted by molar-refractivity contribution is 8.00. The lowest BCUT2D eigenvalue weighted by Gasteiger charge is -2.17. The number of rotatable bonds is 2. The van der Waals surface area contributed by atoms with Crippen LogP contribution in [0.25, 0.3) is 5.70 Å². The SMILES string of the molecule is O=C1C2=C(Nc3ccccc3SC2c2ccc([N+](=O)[O-])cc2)c2ccccc21. The molecule has 0 bridgehead atoms. The summed E-state index contributed by atoms with van der Waals surface area (Å²) < 4.78 is 0. The quantitative estimate of drug-likeness (QED) is 0.468. The lowest BCUT2D eigenvalue weighted by atomic mass is 10.0. The summed E-state index contributed by atoms with van der Waals surface area (Å²) in [6.07, 6.45) is 0. The van der Waals surface area contributed by atoms with E-state index < -0.39 is 4.92 Å². The van der Waals surface area contributed by atoms with E-state index in [4.69, 9.17) is 0 Å². The molecule has 2 aliphatic rings. The first-order valence-electron chi connectivity index (χ1n) is 8.79. The molecule has 1 unspecified atom stereocenters. The summed E-state index contributed by atoms with van der Waals surface area (Å²) in [5, 5.41) is 14.2. The fourth-order valence-corrected chi connectivity index (χ4v) is 4.98. The van der Waals surface area contributed by atoms with Gasteiger partial charge in [-0.1, -0.05) is 48.5 Å². The van der Waals surface area contributed by atoms with Crippen LogP contribution in [0.4, 0.5) is 11.4 Å². The largest absolute Gasteiger partial charge is 0.354 e. The highest BCUT2D eigenvalue weighted by Crippen LogP contribution is 2.52. The van der Waals surface area contributed by atoms with Gasteiger partial charge in [-0.05, 0) is 17.7 Å². The van der Waals surface area contributed by atoms with Gasteiger partial charge in [-0.3, -0.25) is 14.9 Å². The fraction of sp³-hybridized carbons (Fsp3) is 0.0455. The van der Waals surface area contributed by atoms with Crippen molar-refractivity contribution < 1.29 is 9.72 Å². The molecule has 1 atom stereocenters. The average Bonchev–Trinajstić information content (AvgIpc) is 2.89. The minimum absolute atomic E-state index is 0.00163. The van der Waals surface area contributed by atoms with Crippen molar-refractivity contribution in [1.82, 2.24) is 0 Å². The maximum atomic E-state index is 13.3. The van der Waals surface area contributed by atoms with Crippen LogP contribution >= 0.6 is 11.8 Å². The number of nitrogens with one attached hydrogen (secondary N) is 1. The molecule has 5 nitrogen and oxygen atoms in total. The zero-order valence-electron chi connectivity index (χ0n) is 14.6. The van der Waals surface area contributed by atoms with Crippen LogP contribution in [0.5, 0.6) is 0 Å². The summed E-state index contributed by atoms with van der Waals surface area (Å²) in [6.45, 7) is 0. The van der Waals surface area contributed by atoms with E-state index in [1.165, 1.54) is 12.1 Å². The molecule has 0 amide bonds. The summed E-state index contributed by atoms with van der Waals surface area (Å²) >= 11 is 1.58. The number of ketones is 1. The van der Waals surface area contributed by atoms with Crippen molar-refractivity contribution in [2.75, 3.05) is 5.32 Å². The van der Waals surface area contributed by atoms with E-state index in [1.807, 2.05) is 48.5 Å². The Kier molecular flexibility index (Phi) is 3.80. The third-order valence-electron chi connectivity index (χ3n) is 5.02. The topological polar surface area (TPSA) is 72.2 Å². The van der Waals surface area contributed by atoms with Gasteiger partial charge in [0.25, 0.3) is 5.69 Å². The number of nitro groups is 1. The highest BCUT2D eigenvalue weighted by Gasteiger charge is 2.38. The van der Waals surface area contributed by atoms with E-state index in [1.54, 1.807) is 23.9 Å². The Morgan fingerprint density at radius 2 is 1.57 bits per heavy atom. The van der Waals surface area contributed by atoms with E-state index in [9.17, 15) is 14.9 Å². The fourth-order valence-electron chi connectivity index (χ4n) is 3.69. The van der Waals surface area contributed by atoms with Gasteiger partial charge in [0.05, 0.1) is 21.6 Å². The summed E-state index contributed by atoms with van der Waals surface area (Å²) in [4.78, 5) is 24.9. The number of benzene rings is 3. The van der Waals surface area contributed by atoms with Crippen LogP contribution in [-0.2, 0) is 0 Å². The van der Waals surface area contributed by atoms with Crippen molar-refractivity contribution in [2.24, 2.45) is 0 Å². The van der Waals surface area contributed by atoms with Crippen LogP contribution in [0, 0.1) is 10.1 Å². The van der Waals surface area contributed by atoms with Gasteiger partial charge in [0.1, 0.15) is 0 Å². The number of nitro benzene ring substituents is 1. The van der Waals surface area contributed by atoms with Gasteiger partial charge >= 0.3 is 0 Å². The molecule has 1 aliphatic carbocycles. The second-order valence-electron chi connectivity index (χ2n) is 6.63. The second-order valence-corrected chi connectivity index (χ2v) is 7.78. The van der Waals surface area contributed by atoms with Crippen molar-refractivity contribution in [2.45, 2.75) is 10.1 Å². The first kappa shape index (κ1) is 16.8. The molecular formula is C22H14N2O3S. The molecule has 0 saturated carbocycles. The van der Waals surface area contributed by atoms with Crippen molar-refractivity contribution in [3.8, 4) is 0 Å². The number of Topliss-reactive ketones (excluding diaryl/α,β-unsaturated/α-hetero) is 1. The molecule has 3 aromatic rings. The normalized spacial score (nSPS) is 17.3. The number of anilines is 1. The number of fused-ring (bicyclic) bond motifs is 3. The molecule has 1 aliphatic heterocycles. The van der Waals surface area contributed by atoms with Gasteiger partial charge in [-0.15, -0.1) is 11.8 Å². The number of para-hydroxylation sites is 1. The monoisotopic (exact) mass is 386 g/mol. The molecule has 0 radical (unpaired) electrons. The van der Waals surface area contributed by atoms with Crippen LogP contribution in [0.15, 0.2) is 83.3 Å². The Morgan fingerprint density at radius 1 is 0.893 bits per heavy atom. The molecule has 0 spiro atoms. The van der Waals surface area contributed by atoms with Crippen molar-refractivity contribution in [3.05, 3.63) is 105 Å². The molecule has 136 valence electrons. The smallest absolute Gasteiger partial charge is 0.269 e. The van der Waals surface area contributed by atoms with Gasteiger partial charge < -0.3 is 5.32 Å². The van der Waals surface area contributed by atoms with E-state index in [0.717, 1.165) is 27.4 Å². The predicted molar refractivity (Wildman–Crippen MR) is 109 cm³/mol. The first-order chi connectivity index (χ1) is 13.6. The van der Waals surface area contributed by atoms with Crippen LogP contribution in [-0.4, -0.2) is 10.7 Å². The third kappa shape index (κ3) is 2.53. The minimum atomic E-state index is -0.415. The minimum Gasteiger partial charge on any atom is -0.354 e. The van der Waals surface area contributed by atoms with E-state index in [-0.39, 0.29) is 16.7 Å². The highest BCUT2D eigenvalue weighted by atomic mass is 32.2. The molecule has 6 heteroatoms. The van der Waals surface area contributed by atoms with Gasteiger partial charge in [-0.25, -0.2) is 0 Å². The second kappa shape index (κ2) is 6.35. The molecule has 0 saturated heterocycles. The van der Waals surface area contributed by atoms with Crippen LogP contribution in [0.3, 0.4) is 0 Å². The standard InChI is InChI=1S/C22H14N2O3S/c25-21-16-6-2-1-5-15(16)20-19(21)22(13-9-11-14(12-10-13)24(26)27)28-18-8-4-3-7-17(18)23-20/h1-12,22-23H. The average molecular weight is 386 g/mol. The number of non-ortho nitro benzene ring substituents is 1. The summed E-state index contributed by atoms with van der Waals surface area (Å²) in [5.74, 6) is 0.00163. The van der Waals surface area contributed by atoms with Crippen LogP contribution < -0.4 is 5.32 Å². The molecule has 28 heavy (non-hydrogen) atoms. The van der Waals surface area contributed by atoms with Gasteiger partial charge in [0.2, 0.25) is 0 Å². The zero-order chi connectivity index (χ0) is 19.3. The van der Waals surface area contributed by atoms with Crippen molar-refractivity contribution in [3.63, 3.8) is 0 Å². The Labute approximate surface area is 165 Å². The Morgan fingerprint density at radius 3 is 2.32 bits per heavy atom. The molecule has 5 rings (SSSR count). The number of nitrogens with zero attached hydrogens (tertiary/aromatic N) is 1. The van der Waals surface area contributed by atoms with Crippen LogP contribution in [0.2, 0.25) is 0 Å². The van der Waals surface area contributed by atoms with Crippen molar-refractivity contribution in [1.29, 1.82) is 0 Å². The number of hydrogen-bond donors (Lipinski definition) is 1. The molecule has 1 N–H and O–H groups in total. The molecule has 3 aromatic carbocycles. The lowest BCUT2D eigenvalue weighted by molar-refractivity contribution is -0.384. The van der Waals surface area contributed by atoms with Gasteiger partial charge in [0.15, 0.2) is 5.78 Å². The number of carbonyl (C=O) groups excluding carboxylic acids is 1. The van der Waals surface area contributed by atoms with Crippen molar-refractivity contribution >= 4 is 34.6 Å². The molecular weight excluding hydrogens is 372 g/mol. The number of carbonyl (C=O) groups is 1. The molecule has 1 heterocycles. The summed E-state index contributed by atoms with van der Waals surface area (Å²) in [7, 11) is 0. The van der Waals surface area contributed by atoms with Gasteiger partial charge in [-0.2, -0.15) is 0 Å². The maximum Gasteiger partial charge on any atom is 0.269 e.